The highest BCUT2D eigenvalue weighted by Gasteiger charge is 2.20. The molecule has 0 atom stereocenters. The van der Waals surface area contributed by atoms with Crippen molar-refractivity contribution >= 4 is 28.9 Å². The molecule has 5 aromatic rings. The van der Waals surface area contributed by atoms with Crippen LogP contribution >= 0.6 is 0 Å². The highest BCUT2D eigenvalue weighted by Crippen LogP contribution is 2.33. The zero-order valence-corrected chi connectivity index (χ0v) is 25.5. The quantitative estimate of drug-likeness (QED) is 0.172. The van der Waals surface area contributed by atoms with Crippen LogP contribution in [-0.4, -0.2) is 57.8 Å². The van der Waals surface area contributed by atoms with Gasteiger partial charge in [-0.25, -0.2) is 8.91 Å². The van der Waals surface area contributed by atoms with Crippen molar-refractivity contribution in [3.63, 3.8) is 0 Å². The number of pyridine rings is 1. The second-order valence-corrected chi connectivity index (χ2v) is 11.1. The van der Waals surface area contributed by atoms with Crippen LogP contribution < -0.4 is 20.1 Å². The third-order valence-corrected chi connectivity index (χ3v) is 7.89. The van der Waals surface area contributed by atoms with E-state index in [1.54, 1.807) is 16.6 Å². The van der Waals surface area contributed by atoms with Crippen LogP contribution in [0.3, 0.4) is 0 Å². The van der Waals surface area contributed by atoms with Crippen LogP contribution in [0, 0.1) is 5.82 Å². The van der Waals surface area contributed by atoms with Gasteiger partial charge in [0.2, 0.25) is 11.9 Å². The lowest BCUT2D eigenvalue weighted by molar-refractivity contribution is -0.115. The molecule has 3 heterocycles. The molecule has 45 heavy (non-hydrogen) atoms. The summed E-state index contributed by atoms with van der Waals surface area (Å²) >= 11 is 0. The Kier molecular flexibility index (Phi) is 9.21. The number of nitrogens with one attached hydrogen (secondary N) is 2. The standard InChI is InChI=1S/C35H37FN6O3/c1-3-41-19-17-29(18-20-41)45-30-14-15-31(32(22-30)44-4-2)38-35-39-33-16-9-26(23-42(33)40-35)25-7-12-28(13-8-25)37-34(43)21-24-5-10-27(36)11-6-24/h5-16,22-23,29H,3-4,17-21H2,1-2H3,(H,37,43)(H,38,40). The van der Waals surface area contributed by atoms with Crippen molar-refractivity contribution in [3.8, 4) is 22.6 Å². The first-order chi connectivity index (χ1) is 21.9. The number of piperidine rings is 1. The van der Waals surface area contributed by atoms with Gasteiger partial charge < -0.3 is 25.0 Å². The number of rotatable bonds is 11. The number of carbonyl (C=O) groups excluding carboxylic acids is 1. The van der Waals surface area contributed by atoms with Crippen molar-refractivity contribution < 1.29 is 18.7 Å². The largest absolute Gasteiger partial charge is 0.492 e. The lowest BCUT2D eigenvalue weighted by Crippen LogP contribution is -2.37. The van der Waals surface area contributed by atoms with Gasteiger partial charge in [-0.05, 0) is 86.0 Å². The van der Waals surface area contributed by atoms with Gasteiger partial charge in [-0.1, -0.05) is 31.2 Å². The number of likely N-dealkylation sites (tertiary alicyclic amines) is 1. The van der Waals surface area contributed by atoms with E-state index in [9.17, 15) is 9.18 Å². The molecule has 9 nitrogen and oxygen atoms in total. The summed E-state index contributed by atoms with van der Waals surface area (Å²) in [5.41, 5.74) is 4.81. The highest BCUT2D eigenvalue weighted by atomic mass is 19.1. The molecule has 0 aliphatic carbocycles. The lowest BCUT2D eigenvalue weighted by Gasteiger charge is -2.31. The van der Waals surface area contributed by atoms with Crippen molar-refractivity contribution in [2.45, 2.75) is 39.2 Å². The van der Waals surface area contributed by atoms with E-state index in [-0.39, 0.29) is 24.2 Å². The van der Waals surface area contributed by atoms with Crippen molar-refractivity contribution in [3.05, 3.63) is 96.4 Å². The summed E-state index contributed by atoms with van der Waals surface area (Å²) in [5, 5.41) is 10.9. The van der Waals surface area contributed by atoms with Crippen molar-refractivity contribution in [2.24, 2.45) is 0 Å². The minimum Gasteiger partial charge on any atom is -0.492 e. The Morgan fingerprint density at radius 3 is 2.44 bits per heavy atom. The zero-order valence-electron chi connectivity index (χ0n) is 25.5. The molecule has 232 valence electrons. The van der Waals surface area contributed by atoms with E-state index in [4.69, 9.17) is 9.47 Å². The highest BCUT2D eigenvalue weighted by molar-refractivity contribution is 5.92. The minimum atomic E-state index is -0.323. The molecule has 0 bridgehead atoms. The number of carbonyl (C=O) groups is 1. The molecule has 0 saturated carbocycles. The fourth-order valence-electron chi connectivity index (χ4n) is 5.46. The van der Waals surface area contributed by atoms with Crippen LogP contribution in [0.4, 0.5) is 21.7 Å². The second kappa shape index (κ2) is 13.8. The molecule has 1 amide bonds. The Balaban J connectivity index is 1.11. The Labute approximate surface area is 262 Å². The summed E-state index contributed by atoms with van der Waals surface area (Å²) in [5.74, 6) is 1.44. The Bertz CT molecular complexity index is 1750. The van der Waals surface area contributed by atoms with E-state index in [0.29, 0.717) is 29.6 Å². The number of anilines is 3. The number of ether oxygens (including phenoxy) is 2. The normalized spacial score (nSPS) is 13.9. The number of fused-ring (bicyclic) bond motifs is 1. The molecular formula is C35H37FN6O3. The molecular weight excluding hydrogens is 571 g/mol. The van der Waals surface area contributed by atoms with Gasteiger partial charge in [-0.15, -0.1) is 5.10 Å². The summed E-state index contributed by atoms with van der Waals surface area (Å²) in [6.07, 6.45) is 4.33. The Hall–Kier alpha value is -4.96. The number of hydrogen-bond acceptors (Lipinski definition) is 7. The first kappa shape index (κ1) is 30.1. The maximum absolute atomic E-state index is 13.1. The molecule has 2 N–H and O–H groups in total. The number of amides is 1. The average molecular weight is 609 g/mol. The van der Waals surface area contributed by atoms with E-state index in [1.807, 2.05) is 67.7 Å². The number of nitrogens with zero attached hydrogens (tertiary/aromatic N) is 4. The smallest absolute Gasteiger partial charge is 0.247 e. The molecule has 0 spiro atoms. The number of hydrogen-bond donors (Lipinski definition) is 2. The maximum atomic E-state index is 13.1. The second-order valence-electron chi connectivity index (χ2n) is 11.1. The SMILES string of the molecule is CCOc1cc(OC2CCN(CC)CC2)ccc1Nc1nc2ccc(-c3ccc(NC(=O)Cc4ccc(F)cc4)cc3)cn2n1. The van der Waals surface area contributed by atoms with Crippen LogP contribution in [0.1, 0.15) is 32.3 Å². The maximum Gasteiger partial charge on any atom is 0.247 e. The predicted molar refractivity (Wildman–Crippen MR) is 174 cm³/mol. The fourth-order valence-corrected chi connectivity index (χ4v) is 5.46. The topological polar surface area (TPSA) is 93.0 Å². The van der Waals surface area contributed by atoms with E-state index in [1.165, 1.54) is 12.1 Å². The van der Waals surface area contributed by atoms with Gasteiger partial charge in [-0.2, -0.15) is 4.98 Å². The van der Waals surface area contributed by atoms with Crippen molar-refractivity contribution in [1.29, 1.82) is 0 Å². The predicted octanol–water partition coefficient (Wildman–Crippen LogP) is 6.72. The number of aromatic nitrogens is 3. The monoisotopic (exact) mass is 608 g/mol. The van der Waals surface area contributed by atoms with Crippen LogP contribution in [-0.2, 0) is 11.2 Å². The molecule has 0 unspecified atom stereocenters. The van der Waals surface area contributed by atoms with Gasteiger partial charge >= 0.3 is 0 Å². The van der Waals surface area contributed by atoms with Gasteiger partial charge in [-0.3, -0.25) is 4.79 Å². The Morgan fingerprint density at radius 1 is 0.956 bits per heavy atom. The van der Waals surface area contributed by atoms with E-state index >= 15 is 0 Å². The third kappa shape index (κ3) is 7.58. The molecule has 1 fully saturated rings. The van der Waals surface area contributed by atoms with E-state index in [2.05, 4.69) is 32.5 Å². The van der Waals surface area contributed by atoms with Crippen LogP contribution in [0.25, 0.3) is 16.8 Å². The summed E-state index contributed by atoms with van der Waals surface area (Å²) in [7, 11) is 0. The molecule has 1 aliphatic heterocycles. The van der Waals surface area contributed by atoms with Crippen LogP contribution in [0.5, 0.6) is 11.5 Å². The van der Waals surface area contributed by atoms with Crippen LogP contribution in [0.2, 0.25) is 0 Å². The van der Waals surface area contributed by atoms with Gasteiger partial charge in [0, 0.05) is 36.6 Å². The molecule has 2 aromatic heterocycles. The van der Waals surface area contributed by atoms with Gasteiger partial charge in [0.15, 0.2) is 5.65 Å². The minimum absolute atomic E-state index is 0.166. The summed E-state index contributed by atoms with van der Waals surface area (Å²) in [6.45, 7) is 7.87. The molecule has 3 aromatic carbocycles. The summed E-state index contributed by atoms with van der Waals surface area (Å²) < 4.78 is 27.1. The number of halogens is 1. The van der Waals surface area contributed by atoms with Crippen LogP contribution in [0.15, 0.2) is 85.1 Å². The zero-order chi connectivity index (χ0) is 31.2. The van der Waals surface area contributed by atoms with E-state index in [0.717, 1.165) is 60.6 Å². The summed E-state index contributed by atoms with van der Waals surface area (Å²) in [4.78, 5) is 19.5. The van der Waals surface area contributed by atoms with Gasteiger partial charge in [0.05, 0.1) is 18.7 Å². The van der Waals surface area contributed by atoms with Crippen molar-refractivity contribution in [1.82, 2.24) is 19.5 Å². The first-order valence-corrected chi connectivity index (χ1v) is 15.4. The van der Waals surface area contributed by atoms with Gasteiger partial charge in [0.1, 0.15) is 23.4 Å². The molecule has 6 rings (SSSR count). The summed E-state index contributed by atoms with van der Waals surface area (Å²) in [6, 6.07) is 23.2. The fraction of sp³-hybridized carbons (Fsp3) is 0.286. The van der Waals surface area contributed by atoms with E-state index < -0.39 is 0 Å². The number of benzene rings is 3. The Morgan fingerprint density at radius 2 is 1.71 bits per heavy atom. The molecule has 1 saturated heterocycles. The van der Waals surface area contributed by atoms with Gasteiger partial charge in [0.25, 0.3) is 0 Å². The third-order valence-electron chi connectivity index (χ3n) is 7.89. The van der Waals surface area contributed by atoms with Crippen molar-refractivity contribution in [2.75, 3.05) is 36.9 Å². The lowest BCUT2D eigenvalue weighted by atomic mass is 10.1. The molecule has 1 aliphatic rings. The average Bonchev–Trinajstić information content (AvgIpc) is 3.46. The first-order valence-electron chi connectivity index (χ1n) is 15.4. The molecule has 10 heteroatoms. The molecule has 0 radical (unpaired) electrons.